The van der Waals surface area contributed by atoms with Crippen molar-refractivity contribution in [1.82, 2.24) is 14.7 Å². The molecule has 4 nitrogen and oxygen atoms in total. The Morgan fingerprint density at radius 2 is 2.05 bits per heavy atom. The summed E-state index contributed by atoms with van der Waals surface area (Å²) < 4.78 is 2.07. The quantitative estimate of drug-likeness (QED) is 0.910. The van der Waals surface area contributed by atoms with Crippen molar-refractivity contribution in [2.75, 3.05) is 13.1 Å². The van der Waals surface area contributed by atoms with Crippen LogP contribution in [0.4, 0.5) is 0 Å². The molecule has 1 aliphatic rings. The van der Waals surface area contributed by atoms with Gasteiger partial charge in [-0.25, -0.2) is 0 Å². The number of aliphatic hydroxyl groups excluding tert-OH is 1. The summed E-state index contributed by atoms with van der Waals surface area (Å²) in [5.41, 5.74) is 3.29. The predicted octanol–water partition coefficient (Wildman–Crippen LogP) is 1.74. The van der Waals surface area contributed by atoms with Gasteiger partial charge in [0.05, 0.1) is 24.0 Å². The van der Waals surface area contributed by atoms with E-state index in [-0.39, 0.29) is 0 Å². The summed E-state index contributed by atoms with van der Waals surface area (Å²) >= 11 is 0. The number of aromatic nitrogens is 2. The van der Waals surface area contributed by atoms with E-state index in [4.69, 9.17) is 0 Å². The molecule has 0 saturated heterocycles. The predicted molar refractivity (Wildman–Crippen MR) is 73.6 cm³/mol. The van der Waals surface area contributed by atoms with Gasteiger partial charge in [0.2, 0.25) is 0 Å². The molecule has 100 valence electrons. The van der Waals surface area contributed by atoms with Crippen LogP contribution in [-0.4, -0.2) is 32.9 Å². The Bertz CT molecular complexity index is 550. The zero-order valence-electron chi connectivity index (χ0n) is 11.2. The molecule has 19 heavy (non-hydrogen) atoms. The van der Waals surface area contributed by atoms with Crippen molar-refractivity contribution < 1.29 is 5.11 Å². The maximum Gasteiger partial charge on any atom is 0.0917 e. The number of hydrogen-bond acceptors (Lipinski definition) is 3. The average Bonchev–Trinajstić information content (AvgIpc) is 2.79. The van der Waals surface area contributed by atoms with Crippen molar-refractivity contribution >= 4 is 0 Å². The monoisotopic (exact) mass is 257 g/mol. The number of β-amino-alcohol motifs (C(OH)–C–C–N with tert-alkyl or cyclic N) is 1. The highest BCUT2D eigenvalue weighted by Gasteiger charge is 2.20. The number of nitrogens with zero attached hydrogens (tertiary/aromatic N) is 3. The van der Waals surface area contributed by atoms with Crippen LogP contribution < -0.4 is 0 Å². The minimum Gasteiger partial charge on any atom is -0.387 e. The van der Waals surface area contributed by atoms with Gasteiger partial charge in [-0.1, -0.05) is 30.3 Å². The molecule has 1 atom stereocenters. The topological polar surface area (TPSA) is 41.3 Å². The molecule has 0 amide bonds. The van der Waals surface area contributed by atoms with E-state index in [0.717, 1.165) is 30.9 Å². The SMILES string of the molecule is Cc1cc2n(n1)CCN(CC(O)c1ccccc1)C2. The van der Waals surface area contributed by atoms with Gasteiger partial charge in [-0.15, -0.1) is 0 Å². The van der Waals surface area contributed by atoms with Gasteiger partial charge < -0.3 is 5.11 Å². The molecule has 0 fully saturated rings. The van der Waals surface area contributed by atoms with Crippen LogP contribution in [0.5, 0.6) is 0 Å². The Kier molecular flexibility index (Phi) is 3.36. The summed E-state index contributed by atoms with van der Waals surface area (Å²) in [4.78, 5) is 2.29. The third kappa shape index (κ3) is 2.69. The first-order valence-corrected chi connectivity index (χ1v) is 6.71. The molecule has 2 aromatic rings. The highest BCUT2D eigenvalue weighted by molar-refractivity contribution is 5.18. The van der Waals surface area contributed by atoms with Crippen molar-refractivity contribution in [1.29, 1.82) is 0 Å². The van der Waals surface area contributed by atoms with Crippen molar-refractivity contribution in [3.8, 4) is 0 Å². The Morgan fingerprint density at radius 3 is 2.84 bits per heavy atom. The normalized spacial score (nSPS) is 17.2. The van der Waals surface area contributed by atoms with Crippen LogP contribution in [0.2, 0.25) is 0 Å². The van der Waals surface area contributed by atoms with Gasteiger partial charge in [-0.05, 0) is 18.6 Å². The van der Waals surface area contributed by atoms with Crippen molar-refractivity contribution in [2.24, 2.45) is 0 Å². The number of aryl methyl sites for hydroxylation is 1. The average molecular weight is 257 g/mol. The lowest BCUT2D eigenvalue weighted by Gasteiger charge is -2.29. The van der Waals surface area contributed by atoms with Crippen LogP contribution in [0, 0.1) is 6.92 Å². The molecule has 1 aromatic heterocycles. The maximum absolute atomic E-state index is 10.3. The van der Waals surface area contributed by atoms with Crippen LogP contribution in [0.1, 0.15) is 23.1 Å². The highest BCUT2D eigenvalue weighted by atomic mass is 16.3. The number of aliphatic hydroxyl groups is 1. The molecule has 0 aliphatic carbocycles. The van der Waals surface area contributed by atoms with Crippen LogP contribution in [0.25, 0.3) is 0 Å². The van der Waals surface area contributed by atoms with Gasteiger partial charge in [-0.3, -0.25) is 9.58 Å². The van der Waals surface area contributed by atoms with Crippen LogP contribution in [0.15, 0.2) is 36.4 Å². The van der Waals surface area contributed by atoms with E-state index >= 15 is 0 Å². The lowest BCUT2D eigenvalue weighted by atomic mass is 10.1. The second-order valence-electron chi connectivity index (χ2n) is 5.16. The second kappa shape index (κ2) is 5.15. The molecule has 0 spiro atoms. The molecule has 0 saturated carbocycles. The first kappa shape index (κ1) is 12.4. The maximum atomic E-state index is 10.3. The zero-order chi connectivity index (χ0) is 13.2. The largest absolute Gasteiger partial charge is 0.387 e. The van der Waals surface area contributed by atoms with E-state index in [2.05, 4.69) is 20.7 Å². The number of benzene rings is 1. The fraction of sp³-hybridized carbons (Fsp3) is 0.400. The minimum absolute atomic E-state index is 0.420. The van der Waals surface area contributed by atoms with E-state index < -0.39 is 6.10 Å². The summed E-state index contributed by atoms with van der Waals surface area (Å²) in [5, 5.41) is 14.7. The molecule has 4 heteroatoms. The zero-order valence-corrected chi connectivity index (χ0v) is 11.2. The molecule has 3 rings (SSSR count). The minimum atomic E-state index is -0.420. The van der Waals surface area contributed by atoms with Crippen molar-refractivity contribution in [3.63, 3.8) is 0 Å². The standard InChI is InChI=1S/C15H19N3O/c1-12-9-14-10-17(7-8-18(14)16-12)11-15(19)13-5-3-2-4-6-13/h2-6,9,15,19H,7-8,10-11H2,1H3. The molecule has 0 bridgehead atoms. The Balaban J connectivity index is 1.66. The fourth-order valence-corrected chi connectivity index (χ4v) is 2.65. The Morgan fingerprint density at radius 1 is 1.26 bits per heavy atom. The van der Waals surface area contributed by atoms with E-state index in [9.17, 15) is 5.11 Å². The summed E-state index contributed by atoms with van der Waals surface area (Å²) in [7, 11) is 0. The Hall–Kier alpha value is -1.65. The van der Waals surface area contributed by atoms with E-state index in [0.29, 0.717) is 6.54 Å². The molecule has 1 unspecified atom stereocenters. The van der Waals surface area contributed by atoms with E-state index in [1.54, 1.807) is 0 Å². The molecule has 2 heterocycles. The summed E-state index contributed by atoms with van der Waals surface area (Å²) in [6.45, 7) is 5.41. The molecule has 1 aliphatic heterocycles. The first-order valence-electron chi connectivity index (χ1n) is 6.71. The molecular formula is C15H19N3O. The summed E-state index contributed by atoms with van der Waals surface area (Å²) in [6, 6.07) is 12.0. The van der Waals surface area contributed by atoms with Crippen LogP contribution >= 0.6 is 0 Å². The van der Waals surface area contributed by atoms with Gasteiger partial charge in [0.15, 0.2) is 0 Å². The highest BCUT2D eigenvalue weighted by Crippen LogP contribution is 2.18. The first-order chi connectivity index (χ1) is 9.22. The van der Waals surface area contributed by atoms with Gasteiger partial charge in [0, 0.05) is 19.6 Å². The lowest BCUT2D eigenvalue weighted by molar-refractivity contribution is 0.0956. The summed E-state index contributed by atoms with van der Waals surface area (Å²) in [6.07, 6.45) is -0.420. The summed E-state index contributed by atoms with van der Waals surface area (Å²) in [5.74, 6) is 0. The molecule has 0 radical (unpaired) electrons. The lowest BCUT2D eigenvalue weighted by Crippen LogP contribution is -2.36. The molecule has 1 aromatic carbocycles. The van der Waals surface area contributed by atoms with Gasteiger partial charge in [0.1, 0.15) is 0 Å². The van der Waals surface area contributed by atoms with Crippen molar-refractivity contribution in [3.05, 3.63) is 53.3 Å². The van der Waals surface area contributed by atoms with Gasteiger partial charge in [0.25, 0.3) is 0 Å². The third-order valence-corrected chi connectivity index (χ3v) is 3.61. The van der Waals surface area contributed by atoms with Crippen molar-refractivity contribution in [2.45, 2.75) is 26.1 Å². The Labute approximate surface area is 113 Å². The number of rotatable bonds is 3. The molecular weight excluding hydrogens is 238 g/mol. The fourth-order valence-electron chi connectivity index (χ4n) is 2.65. The van der Waals surface area contributed by atoms with E-state index in [1.165, 1.54) is 5.69 Å². The van der Waals surface area contributed by atoms with Crippen LogP contribution in [-0.2, 0) is 13.1 Å². The smallest absolute Gasteiger partial charge is 0.0917 e. The van der Waals surface area contributed by atoms with Gasteiger partial charge >= 0.3 is 0 Å². The van der Waals surface area contributed by atoms with Crippen LogP contribution in [0.3, 0.4) is 0 Å². The number of fused-ring (bicyclic) bond motifs is 1. The van der Waals surface area contributed by atoms with Gasteiger partial charge in [-0.2, -0.15) is 5.10 Å². The van der Waals surface area contributed by atoms with E-state index in [1.807, 2.05) is 37.3 Å². The second-order valence-corrected chi connectivity index (χ2v) is 5.16. The number of hydrogen-bond donors (Lipinski definition) is 1. The molecule has 1 N–H and O–H groups in total. The third-order valence-electron chi connectivity index (χ3n) is 3.61.